The maximum Gasteiger partial charge on any atom is 0.405 e. The Morgan fingerprint density at radius 1 is 1.00 bits per heavy atom. The molecule has 0 bridgehead atoms. The predicted octanol–water partition coefficient (Wildman–Crippen LogP) is 3.03. The molecular weight excluding hydrogens is 622 g/mol. The lowest BCUT2D eigenvalue weighted by atomic mass is 9.85. The highest BCUT2D eigenvalue weighted by Gasteiger charge is 2.35. The van der Waals surface area contributed by atoms with Gasteiger partial charge in [0.1, 0.15) is 23.7 Å². The van der Waals surface area contributed by atoms with Gasteiger partial charge in [-0.3, -0.25) is 9.59 Å². The summed E-state index contributed by atoms with van der Waals surface area (Å²) in [5.41, 5.74) is 5.87. The van der Waals surface area contributed by atoms with Crippen LogP contribution in [0.3, 0.4) is 0 Å². The van der Waals surface area contributed by atoms with Crippen LogP contribution in [-0.2, 0) is 23.9 Å². The van der Waals surface area contributed by atoms with E-state index in [0.29, 0.717) is 12.8 Å². The number of halogens is 1. The molecular formula is C33H46ClNO11. The molecule has 7 N–H and O–H groups in total. The number of aliphatic hydroxyl groups excluding tert-OH is 4. The largest absolute Gasteiger partial charge is 0.481 e. The number of aliphatic carboxylic acids is 1. The van der Waals surface area contributed by atoms with Crippen LogP contribution < -0.4 is 5.73 Å². The summed E-state index contributed by atoms with van der Waals surface area (Å²) in [7, 11) is 0. The van der Waals surface area contributed by atoms with Gasteiger partial charge in [0, 0.05) is 24.8 Å². The Hall–Kier alpha value is -3.55. The van der Waals surface area contributed by atoms with Crippen molar-refractivity contribution >= 4 is 35.4 Å². The molecule has 0 aromatic carbocycles. The quantitative estimate of drug-likeness (QED) is 0.0411. The van der Waals surface area contributed by atoms with Crippen molar-refractivity contribution in [2.75, 3.05) is 0 Å². The Labute approximate surface area is 274 Å². The lowest BCUT2D eigenvalue weighted by Gasteiger charge is -2.30. The van der Waals surface area contributed by atoms with E-state index in [-0.39, 0.29) is 12.8 Å². The molecule has 1 saturated carbocycles. The van der Waals surface area contributed by atoms with Crippen molar-refractivity contribution in [2.24, 2.45) is 17.6 Å². The van der Waals surface area contributed by atoms with Gasteiger partial charge >= 0.3 is 18.0 Å². The van der Waals surface area contributed by atoms with Crippen LogP contribution in [0, 0.1) is 11.8 Å². The van der Waals surface area contributed by atoms with Crippen LogP contribution in [-0.4, -0.2) is 91.3 Å². The van der Waals surface area contributed by atoms with Crippen LogP contribution in [0.4, 0.5) is 4.79 Å². The summed E-state index contributed by atoms with van der Waals surface area (Å²) in [6.07, 6.45) is 9.40. The number of aliphatic hydroxyl groups is 4. The maximum atomic E-state index is 12.5. The van der Waals surface area contributed by atoms with Gasteiger partial charge in [-0.1, -0.05) is 74.1 Å². The predicted molar refractivity (Wildman–Crippen MR) is 172 cm³/mol. The number of carbonyl (C=O) groups is 4. The SMILES string of the molecule is CC/C=C/[C@@H](OC(N)=O)[C@@H](Cl)[C@H](O)CC(=O)[C@@H](O)[C@H](O)[C@H](C)/C=C/C=C/C=C(C)/C=C/C=C/C(=O)O[C@@H]1C[C@@H](C(=O)O)CC[C@@H]1O. The third-order valence-corrected chi connectivity index (χ3v) is 7.71. The molecule has 1 aliphatic carbocycles. The van der Waals surface area contributed by atoms with Crippen molar-refractivity contribution in [3.8, 4) is 0 Å². The summed E-state index contributed by atoms with van der Waals surface area (Å²) in [6.45, 7) is 5.25. The van der Waals surface area contributed by atoms with E-state index < -0.39 is 84.1 Å². The van der Waals surface area contributed by atoms with Crippen molar-refractivity contribution in [2.45, 2.75) is 94.9 Å². The molecule has 0 heterocycles. The number of Topliss-reactive ketones (excluding diaryl/α,β-unsaturated/α-hetero) is 1. The fraction of sp³-hybridized carbons (Fsp3) is 0.515. The van der Waals surface area contributed by atoms with E-state index in [1.165, 1.54) is 18.2 Å². The lowest BCUT2D eigenvalue weighted by molar-refractivity contribution is -0.159. The number of carbonyl (C=O) groups excluding carboxylic acids is 3. The molecule has 1 rings (SSSR count). The van der Waals surface area contributed by atoms with E-state index in [2.05, 4.69) is 0 Å². The van der Waals surface area contributed by atoms with E-state index in [0.717, 1.165) is 5.57 Å². The van der Waals surface area contributed by atoms with Crippen molar-refractivity contribution in [1.29, 1.82) is 0 Å². The number of rotatable bonds is 18. The van der Waals surface area contributed by atoms with Crippen LogP contribution in [0.5, 0.6) is 0 Å². The minimum Gasteiger partial charge on any atom is -0.481 e. The molecule has 0 aromatic heterocycles. The average Bonchev–Trinajstić information content (AvgIpc) is 3.00. The minimum absolute atomic E-state index is 0.0683. The highest BCUT2D eigenvalue weighted by atomic mass is 35.5. The minimum atomic E-state index is -1.80. The number of hydrogen-bond acceptors (Lipinski definition) is 10. The normalized spacial score (nSPS) is 23.5. The Balaban J connectivity index is 2.57. The van der Waals surface area contributed by atoms with Gasteiger partial charge in [0.25, 0.3) is 0 Å². The molecule has 256 valence electrons. The van der Waals surface area contributed by atoms with E-state index in [9.17, 15) is 39.6 Å². The summed E-state index contributed by atoms with van der Waals surface area (Å²) in [4.78, 5) is 46.9. The van der Waals surface area contributed by atoms with Crippen molar-refractivity contribution in [1.82, 2.24) is 0 Å². The van der Waals surface area contributed by atoms with Gasteiger partial charge in [-0.15, -0.1) is 11.6 Å². The van der Waals surface area contributed by atoms with Gasteiger partial charge in [-0.05, 0) is 32.3 Å². The molecule has 46 heavy (non-hydrogen) atoms. The summed E-state index contributed by atoms with van der Waals surface area (Å²) >= 11 is 6.18. The topological polar surface area (TPSA) is 214 Å². The number of alkyl halides is 1. The molecule has 9 atom stereocenters. The van der Waals surface area contributed by atoms with E-state index in [4.69, 9.17) is 31.9 Å². The Morgan fingerprint density at radius 2 is 1.67 bits per heavy atom. The first-order chi connectivity index (χ1) is 21.7. The number of carboxylic acids is 1. The van der Waals surface area contributed by atoms with Gasteiger partial charge in [-0.25, -0.2) is 9.59 Å². The van der Waals surface area contributed by atoms with Gasteiger partial charge in [0.15, 0.2) is 5.78 Å². The molecule has 0 aliphatic heterocycles. The van der Waals surface area contributed by atoms with Crippen LogP contribution in [0.1, 0.15) is 52.9 Å². The van der Waals surface area contributed by atoms with E-state index in [1.807, 2.05) is 13.8 Å². The molecule has 1 aliphatic rings. The summed E-state index contributed by atoms with van der Waals surface area (Å²) in [5, 5.41) is 49.1. The van der Waals surface area contributed by atoms with Gasteiger partial charge in [-0.2, -0.15) is 0 Å². The zero-order valence-electron chi connectivity index (χ0n) is 26.2. The molecule has 0 spiro atoms. The molecule has 0 radical (unpaired) electrons. The number of hydrogen-bond donors (Lipinski definition) is 6. The summed E-state index contributed by atoms with van der Waals surface area (Å²) < 4.78 is 10.1. The van der Waals surface area contributed by atoms with Gasteiger partial charge in [0.2, 0.25) is 0 Å². The first kappa shape index (κ1) is 40.5. The fourth-order valence-electron chi connectivity index (χ4n) is 4.43. The van der Waals surface area contributed by atoms with Crippen LogP contribution in [0.2, 0.25) is 0 Å². The molecule has 0 unspecified atom stereocenters. The smallest absolute Gasteiger partial charge is 0.405 e. The highest BCUT2D eigenvalue weighted by Crippen LogP contribution is 2.27. The number of amides is 1. The molecule has 1 amide bonds. The van der Waals surface area contributed by atoms with Crippen molar-refractivity contribution in [3.05, 3.63) is 72.4 Å². The number of allylic oxidation sites excluding steroid dienone is 9. The van der Waals surface area contributed by atoms with Crippen LogP contribution in [0.15, 0.2) is 72.4 Å². The second-order valence-corrected chi connectivity index (χ2v) is 11.5. The van der Waals surface area contributed by atoms with Gasteiger partial charge < -0.3 is 40.7 Å². The second-order valence-electron chi connectivity index (χ2n) is 11.0. The standard InChI is InChI=1S/C33H46ClNO11/c1-4-5-14-26(46-33(35)44)29(34)24(37)19-25(38)31(41)30(40)21(3)13-8-6-7-11-20(2)12-9-10-15-28(39)45-27-18-22(32(42)43)16-17-23(27)36/h5-15,21-24,26-27,29-31,36-37,40-41H,4,16-19H2,1-3H3,(H2,35,44)(H,42,43)/b7-6+,12-9+,13-8+,14-5+,15-10+,20-11+/t21-,22+,23+,24-,26-,27-,29+,30-,31-/m1/s1. The lowest BCUT2D eigenvalue weighted by Crippen LogP contribution is -2.42. The number of ether oxygens (including phenoxy) is 2. The molecule has 1 fully saturated rings. The Bertz CT molecular complexity index is 1190. The molecule has 0 aromatic rings. The number of carboxylic acid groups (broad SMARTS) is 1. The van der Waals surface area contributed by atoms with E-state index in [1.54, 1.807) is 55.5 Å². The zero-order chi connectivity index (χ0) is 34.8. The summed E-state index contributed by atoms with van der Waals surface area (Å²) in [6, 6.07) is 0. The fourth-order valence-corrected chi connectivity index (χ4v) is 4.65. The van der Waals surface area contributed by atoms with Crippen LogP contribution >= 0.6 is 11.6 Å². The van der Waals surface area contributed by atoms with Crippen molar-refractivity contribution in [3.63, 3.8) is 0 Å². The first-order valence-corrected chi connectivity index (χ1v) is 15.4. The maximum absolute atomic E-state index is 12.5. The number of nitrogens with two attached hydrogens (primary N) is 1. The number of esters is 1. The highest BCUT2D eigenvalue weighted by molar-refractivity contribution is 6.21. The Kier molecular flexibility index (Phi) is 18.7. The second kappa shape index (κ2) is 21.3. The summed E-state index contributed by atoms with van der Waals surface area (Å²) in [5.74, 6) is -3.79. The van der Waals surface area contributed by atoms with Crippen molar-refractivity contribution < 1.29 is 54.2 Å². The average molecular weight is 668 g/mol. The van der Waals surface area contributed by atoms with Gasteiger partial charge in [0.05, 0.1) is 24.2 Å². The third-order valence-electron chi connectivity index (χ3n) is 7.17. The monoisotopic (exact) mass is 667 g/mol. The number of primary amides is 1. The molecule has 12 nitrogen and oxygen atoms in total. The first-order valence-electron chi connectivity index (χ1n) is 15.0. The van der Waals surface area contributed by atoms with Crippen LogP contribution in [0.25, 0.3) is 0 Å². The zero-order valence-corrected chi connectivity index (χ0v) is 27.0. The number of ketones is 1. The Morgan fingerprint density at radius 3 is 2.30 bits per heavy atom. The third kappa shape index (κ3) is 15.2. The molecule has 0 saturated heterocycles. The molecule has 13 heteroatoms. The van der Waals surface area contributed by atoms with E-state index >= 15 is 0 Å².